The number of carbonyl (C=O) groups is 1. The molecule has 0 fully saturated rings. The number of amides is 1. The maximum absolute atomic E-state index is 12.2. The average molecular weight is 433 g/mol. The van der Waals surface area contributed by atoms with Crippen molar-refractivity contribution in [2.45, 2.75) is 6.54 Å². The lowest BCUT2D eigenvalue weighted by Crippen LogP contribution is -2.23. The van der Waals surface area contributed by atoms with Crippen molar-refractivity contribution in [2.75, 3.05) is 7.05 Å². The fraction of sp³-hybridized carbons (Fsp3) is 0.111. The number of hydrogen-bond acceptors (Lipinski definition) is 3. The first-order chi connectivity index (χ1) is 11.6. The van der Waals surface area contributed by atoms with Gasteiger partial charge in [0, 0.05) is 31.4 Å². The second-order valence-corrected chi connectivity index (χ2v) is 6.36. The van der Waals surface area contributed by atoms with E-state index < -0.39 is 0 Å². The van der Waals surface area contributed by atoms with Crippen molar-refractivity contribution in [3.8, 4) is 5.69 Å². The van der Waals surface area contributed by atoms with Crippen molar-refractivity contribution in [3.63, 3.8) is 0 Å². The van der Waals surface area contributed by atoms with E-state index in [0.29, 0.717) is 12.3 Å². The van der Waals surface area contributed by atoms with Crippen LogP contribution in [0.2, 0.25) is 0 Å². The van der Waals surface area contributed by atoms with Crippen LogP contribution in [0, 0.1) is 3.77 Å². The molecule has 0 spiro atoms. The highest BCUT2D eigenvalue weighted by atomic mass is 127. The van der Waals surface area contributed by atoms with Gasteiger partial charge >= 0.3 is 0 Å². The summed E-state index contributed by atoms with van der Waals surface area (Å²) in [5.74, 6) is 0.576. The summed E-state index contributed by atoms with van der Waals surface area (Å²) in [6.45, 7) is 0.492. The van der Waals surface area contributed by atoms with E-state index in [0.717, 1.165) is 15.0 Å². The van der Waals surface area contributed by atoms with Crippen molar-refractivity contribution in [3.05, 3.63) is 76.0 Å². The Labute approximate surface area is 153 Å². The lowest BCUT2D eigenvalue weighted by Gasteiger charge is -2.13. The first kappa shape index (κ1) is 16.5. The molecule has 0 N–H and O–H groups in total. The third-order valence-corrected chi connectivity index (χ3v) is 4.02. The monoisotopic (exact) mass is 433 g/mol. The molecule has 0 saturated carbocycles. The Morgan fingerprint density at radius 3 is 2.79 bits per heavy atom. The number of hydrogen-bond donors (Lipinski definition) is 0. The molecule has 0 saturated heterocycles. The van der Waals surface area contributed by atoms with Crippen molar-refractivity contribution < 1.29 is 9.21 Å². The van der Waals surface area contributed by atoms with Gasteiger partial charge in [0.1, 0.15) is 5.76 Å². The van der Waals surface area contributed by atoms with Gasteiger partial charge in [0.05, 0.1) is 11.9 Å². The molecule has 3 aromatic rings. The SMILES string of the molecule is CN(Cc1cnn(-c2ccccc2)c1)C(=O)/C=C/c1ccc(I)o1. The molecule has 0 aliphatic rings. The highest BCUT2D eigenvalue weighted by molar-refractivity contribution is 14.1. The van der Waals surface area contributed by atoms with Crippen LogP contribution in [-0.4, -0.2) is 27.6 Å². The molecule has 122 valence electrons. The summed E-state index contributed by atoms with van der Waals surface area (Å²) in [6.07, 6.45) is 6.89. The van der Waals surface area contributed by atoms with E-state index in [1.54, 1.807) is 28.9 Å². The molecule has 0 atom stereocenters. The molecule has 0 bridgehead atoms. The van der Waals surface area contributed by atoms with Crippen molar-refractivity contribution in [1.29, 1.82) is 0 Å². The second kappa shape index (κ2) is 7.48. The van der Waals surface area contributed by atoms with Gasteiger partial charge in [-0.1, -0.05) is 18.2 Å². The smallest absolute Gasteiger partial charge is 0.246 e. The Bertz CT molecular complexity index is 852. The molecule has 24 heavy (non-hydrogen) atoms. The molecule has 0 unspecified atom stereocenters. The van der Waals surface area contributed by atoms with Gasteiger partial charge in [0.2, 0.25) is 5.91 Å². The average Bonchev–Trinajstić information content (AvgIpc) is 3.22. The number of likely N-dealkylation sites (N-methyl/N-ethyl adjacent to an activating group) is 1. The molecule has 3 rings (SSSR count). The third-order valence-electron chi connectivity index (χ3n) is 3.44. The molecule has 0 radical (unpaired) electrons. The first-order valence-electron chi connectivity index (χ1n) is 7.39. The molecular weight excluding hydrogens is 417 g/mol. The number of nitrogens with zero attached hydrogens (tertiary/aromatic N) is 3. The number of benzene rings is 1. The Kier molecular flexibility index (Phi) is 5.14. The van der Waals surface area contributed by atoms with Crippen LogP contribution in [0.3, 0.4) is 0 Å². The number of halogens is 1. The number of aromatic nitrogens is 2. The van der Waals surface area contributed by atoms with E-state index >= 15 is 0 Å². The molecule has 1 aromatic carbocycles. The Hall–Kier alpha value is -2.35. The van der Waals surface area contributed by atoms with E-state index in [2.05, 4.69) is 27.7 Å². The van der Waals surface area contributed by atoms with E-state index in [1.807, 2.05) is 48.7 Å². The van der Waals surface area contributed by atoms with Crippen LogP contribution in [0.25, 0.3) is 11.8 Å². The van der Waals surface area contributed by atoms with E-state index in [9.17, 15) is 4.79 Å². The highest BCUT2D eigenvalue weighted by Crippen LogP contribution is 2.12. The molecular formula is C18H16IN3O2. The molecule has 5 nitrogen and oxygen atoms in total. The standard InChI is InChI=1S/C18H16IN3O2/c1-21(18(23)10-8-16-7-9-17(19)24-16)12-14-11-20-22(13-14)15-5-3-2-4-6-15/h2-11,13H,12H2,1H3/b10-8+. The van der Waals surface area contributed by atoms with Crippen LogP contribution in [-0.2, 0) is 11.3 Å². The van der Waals surface area contributed by atoms with Crippen molar-refractivity contribution in [2.24, 2.45) is 0 Å². The minimum absolute atomic E-state index is 0.0890. The maximum Gasteiger partial charge on any atom is 0.246 e. The van der Waals surface area contributed by atoms with Crippen LogP contribution in [0.4, 0.5) is 0 Å². The number of para-hydroxylation sites is 1. The van der Waals surface area contributed by atoms with Gasteiger partial charge in [-0.25, -0.2) is 4.68 Å². The summed E-state index contributed by atoms with van der Waals surface area (Å²) in [5.41, 5.74) is 1.96. The topological polar surface area (TPSA) is 51.3 Å². The molecule has 0 aliphatic heterocycles. The van der Waals surface area contributed by atoms with Crippen molar-refractivity contribution in [1.82, 2.24) is 14.7 Å². The number of carbonyl (C=O) groups excluding carboxylic acids is 1. The predicted octanol–water partition coefficient (Wildman–Crippen LogP) is 3.74. The van der Waals surface area contributed by atoms with Crippen LogP contribution in [0.1, 0.15) is 11.3 Å². The van der Waals surface area contributed by atoms with Crippen LogP contribution >= 0.6 is 22.6 Å². The molecule has 2 heterocycles. The summed E-state index contributed by atoms with van der Waals surface area (Å²) in [7, 11) is 1.76. The Morgan fingerprint density at radius 2 is 2.08 bits per heavy atom. The van der Waals surface area contributed by atoms with E-state index in [-0.39, 0.29) is 5.91 Å². The lowest BCUT2D eigenvalue weighted by molar-refractivity contribution is -0.125. The Balaban J connectivity index is 1.62. The van der Waals surface area contributed by atoms with Gasteiger partial charge < -0.3 is 9.32 Å². The molecule has 6 heteroatoms. The number of furan rings is 1. The van der Waals surface area contributed by atoms with E-state index in [1.165, 1.54) is 6.08 Å². The highest BCUT2D eigenvalue weighted by Gasteiger charge is 2.08. The van der Waals surface area contributed by atoms with Crippen molar-refractivity contribution >= 4 is 34.6 Å². The lowest BCUT2D eigenvalue weighted by atomic mass is 10.3. The largest absolute Gasteiger partial charge is 0.451 e. The summed E-state index contributed by atoms with van der Waals surface area (Å²) >= 11 is 2.09. The second-order valence-electron chi connectivity index (χ2n) is 5.30. The summed E-state index contributed by atoms with van der Waals surface area (Å²) in [5, 5.41) is 4.34. The first-order valence-corrected chi connectivity index (χ1v) is 8.47. The minimum atomic E-state index is -0.0890. The van der Waals surface area contributed by atoms with Crippen LogP contribution in [0.15, 0.2) is 65.4 Å². The number of rotatable bonds is 5. The van der Waals surface area contributed by atoms with Gasteiger partial charge in [-0.05, 0) is 52.9 Å². The van der Waals surface area contributed by atoms with Crippen LogP contribution < -0.4 is 0 Å². The van der Waals surface area contributed by atoms with Gasteiger partial charge in [-0.15, -0.1) is 0 Å². The molecule has 1 amide bonds. The zero-order valence-electron chi connectivity index (χ0n) is 13.1. The fourth-order valence-electron chi connectivity index (χ4n) is 2.21. The zero-order chi connectivity index (χ0) is 16.9. The van der Waals surface area contributed by atoms with Gasteiger partial charge in [0.25, 0.3) is 0 Å². The summed E-state index contributed by atoms with van der Waals surface area (Å²) < 4.78 is 7.99. The van der Waals surface area contributed by atoms with Gasteiger partial charge in [-0.3, -0.25) is 4.79 Å². The minimum Gasteiger partial charge on any atom is -0.451 e. The summed E-state index contributed by atoms with van der Waals surface area (Å²) in [4.78, 5) is 13.8. The maximum atomic E-state index is 12.2. The molecule has 2 aromatic heterocycles. The normalized spacial score (nSPS) is 11.1. The van der Waals surface area contributed by atoms with Gasteiger partial charge in [-0.2, -0.15) is 5.10 Å². The summed E-state index contributed by atoms with van der Waals surface area (Å²) in [6, 6.07) is 13.5. The van der Waals surface area contributed by atoms with E-state index in [4.69, 9.17) is 4.42 Å². The zero-order valence-corrected chi connectivity index (χ0v) is 15.3. The fourth-order valence-corrected chi connectivity index (χ4v) is 2.65. The predicted molar refractivity (Wildman–Crippen MR) is 100 cm³/mol. The van der Waals surface area contributed by atoms with Crippen LogP contribution in [0.5, 0.6) is 0 Å². The van der Waals surface area contributed by atoms with Gasteiger partial charge in [0.15, 0.2) is 3.77 Å². The Morgan fingerprint density at radius 1 is 1.29 bits per heavy atom. The third kappa shape index (κ3) is 4.14. The quantitative estimate of drug-likeness (QED) is 0.455. The molecule has 0 aliphatic carbocycles.